The van der Waals surface area contributed by atoms with Gasteiger partial charge in [0.25, 0.3) is 0 Å². The van der Waals surface area contributed by atoms with Crippen LogP contribution in [0.1, 0.15) is 12.8 Å². The lowest BCUT2D eigenvalue weighted by Gasteiger charge is -2.30. The number of halogens is 1. The first kappa shape index (κ1) is 23.7. The molecule has 172 valence electrons. The number of hydrogen-bond donors (Lipinski definition) is 2. The monoisotopic (exact) mass is 461 g/mol. The van der Waals surface area contributed by atoms with Crippen LogP contribution in [0.15, 0.2) is 36.4 Å². The number of carbonyl (C=O) groups excluding carboxylic acids is 2. The Labute approximate surface area is 192 Å². The van der Waals surface area contributed by atoms with Crippen LogP contribution in [0.25, 0.3) is 0 Å². The van der Waals surface area contributed by atoms with Gasteiger partial charge >= 0.3 is 0 Å². The topological polar surface area (TPSA) is 89.1 Å². The van der Waals surface area contributed by atoms with Crippen molar-refractivity contribution in [2.75, 3.05) is 51.6 Å². The van der Waals surface area contributed by atoms with Gasteiger partial charge in [0.1, 0.15) is 17.2 Å². The van der Waals surface area contributed by atoms with Gasteiger partial charge in [0, 0.05) is 17.0 Å². The van der Waals surface area contributed by atoms with Crippen LogP contribution in [0.4, 0.5) is 11.4 Å². The van der Waals surface area contributed by atoms with Crippen molar-refractivity contribution in [2.45, 2.75) is 12.8 Å². The number of anilines is 2. The number of amides is 2. The van der Waals surface area contributed by atoms with Crippen molar-refractivity contribution in [3.8, 4) is 17.2 Å². The number of rotatable bonds is 8. The molecule has 0 bridgehead atoms. The second kappa shape index (κ2) is 11.1. The molecule has 0 aromatic heterocycles. The van der Waals surface area contributed by atoms with Crippen molar-refractivity contribution in [3.05, 3.63) is 41.4 Å². The van der Waals surface area contributed by atoms with E-state index in [0.29, 0.717) is 59.6 Å². The van der Waals surface area contributed by atoms with Gasteiger partial charge in [-0.05, 0) is 56.3 Å². The highest BCUT2D eigenvalue weighted by Crippen LogP contribution is 2.30. The summed E-state index contributed by atoms with van der Waals surface area (Å²) in [5.41, 5.74) is 1.14. The second-order valence-corrected chi connectivity index (χ2v) is 7.94. The molecular formula is C23H28ClN3O5. The van der Waals surface area contributed by atoms with E-state index < -0.39 is 0 Å². The van der Waals surface area contributed by atoms with Gasteiger partial charge in [-0.2, -0.15) is 0 Å². The van der Waals surface area contributed by atoms with Gasteiger partial charge in [0.15, 0.2) is 0 Å². The summed E-state index contributed by atoms with van der Waals surface area (Å²) in [4.78, 5) is 27.3. The maximum Gasteiger partial charge on any atom is 0.238 e. The van der Waals surface area contributed by atoms with E-state index in [4.69, 9.17) is 25.8 Å². The summed E-state index contributed by atoms with van der Waals surface area (Å²) >= 11 is 6.04. The van der Waals surface area contributed by atoms with Gasteiger partial charge in [-0.3, -0.25) is 14.5 Å². The fourth-order valence-corrected chi connectivity index (χ4v) is 3.83. The molecule has 32 heavy (non-hydrogen) atoms. The molecule has 0 spiro atoms. The minimum Gasteiger partial charge on any atom is -0.497 e. The molecule has 0 aliphatic carbocycles. The first-order valence-electron chi connectivity index (χ1n) is 10.3. The summed E-state index contributed by atoms with van der Waals surface area (Å²) in [6.45, 7) is 1.54. The van der Waals surface area contributed by atoms with Crippen LogP contribution in [-0.2, 0) is 9.59 Å². The molecule has 0 unspecified atom stereocenters. The van der Waals surface area contributed by atoms with Crippen molar-refractivity contribution in [1.29, 1.82) is 0 Å². The van der Waals surface area contributed by atoms with Crippen molar-refractivity contribution in [3.63, 3.8) is 0 Å². The zero-order chi connectivity index (χ0) is 23.1. The Morgan fingerprint density at radius 3 is 2.31 bits per heavy atom. The zero-order valence-corrected chi connectivity index (χ0v) is 19.2. The average molecular weight is 462 g/mol. The quantitative estimate of drug-likeness (QED) is 0.623. The van der Waals surface area contributed by atoms with Gasteiger partial charge in [0.05, 0.1) is 39.2 Å². The fraction of sp³-hybridized carbons (Fsp3) is 0.391. The summed E-state index contributed by atoms with van der Waals surface area (Å²) in [6.07, 6.45) is 1.32. The van der Waals surface area contributed by atoms with Crippen LogP contribution < -0.4 is 24.8 Å². The van der Waals surface area contributed by atoms with Crippen molar-refractivity contribution >= 4 is 34.8 Å². The molecule has 2 amide bonds. The van der Waals surface area contributed by atoms with E-state index in [0.717, 1.165) is 0 Å². The number of nitrogens with zero attached hydrogens (tertiary/aromatic N) is 1. The van der Waals surface area contributed by atoms with Crippen LogP contribution in [0, 0.1) is 5.92 Å². The minimum atomic E-state index is -0.139. The molecule has 2 N–H and O–H groups in total. The second-order valence-electron chi connectivity index (χ2n) is 7.50. The van der Waals surface area contributed by atoms with Crippen LogP contribution in [0.3, 0.4) is 0 Å². The number of benzene rings is 2. The SMILES string of the molecule is COc1ccc(NC(=O)CN2CCC(C(=O)Nc3cc(Cl)ccc3OC)CC2)c(OC)c1. The largest absolute Gasteiger partial charge is 0.497 e. The van der Waals surface area contributed by atoms with Gasteiger partial charge in [-0.15, -0.1) is 0 Å². The molecule has 1 aliphatic heterocycles. The molecule has 3 rings (SSSR count). The maximum absolute atomic E-state index is 12.7. The lowest BCUT2D eigenvalue weighted by Crippen LogP contribution is -2.41. The third-order valence-electron chi connectivity index (χ3n) is 5.43. The lowest BCUT2D eigenvalue weighted by atomic mass is 9.95. The third kappa shape index (κ3) is 6.05. The van der Waals surface area contributed by atoms with E-state index in [9.17, 15) is 9.59 Å². The number of hydrogen-bond acceptors (Lipinski definition) is 6. The van der Waals surface area contributed by atoms with Crippen LogP contribution >= 0.6 is 11.6 Å². The Bertz CT molecular complexity index is 961. The first-order valence-corrected chi connectivity index (χ1v) is 10.7. The smallest absolute Gasteiger partial charge is 0.238 e. The zero-order valence-electron chi connectivity index (χ0n) is 18.4. The van der Waals surface area contributed by atoms with Crippen LogP contribution in [0.5, 0.6) is 17.2 Å². The Hall–Kier alpha value is -2.97. The van der Waals surface area contributed by atoms with Crippen molar-refractivity contribution in [2.24, 2.45) is 5.92 Å². The summed E-state index contributed by atoms with van der Waals surface area (Å²) in [6, 6.07) is 10.3. The molecule has 0 atom stereocenters. The molecule has 2 aromatic carbocycles. The molecular weight excluding hydrogens is 434 g/mol. The number of carbonyl (C=O) groups is 2. The number of ether oxygens (including phenoxy) is 3. The van der Waals surface area contributed by atoms with Gasteiger partial charge in [-0.1, -0.05) is 11.6 Å². The number of nitrogens with one attached hydrogen (secondary N) is 2. The maximum atomic E-state index is 12.7. The van der Waals surface area contributed by atoms with Crippen molar-refractivity contribution < 1.29 is 23.8 Å². The molecule has 9 heteroatoms. The van der Waals surface area contributed by atoms with E-state index in [1.54, 1.807) is 57.7 Å². The summed E-state index contributed by atoms with van der Waals surface area (Å²) < 4.78 is 15.8. The summed E-state index contributed by atoms with van der Waals surface area (Å²) in [5.74, 6) is 1.39. The Morgan fingerprint density at radius 1 is 0.938 bits per heavy atom. The highest BCUT2D eigenvalue weighted by Gasteiger charge is 2.26. The van der Waals surface area contributed by atoms with Crippen LogP contribution in [0.2, 0.25) is 5.02 Å². The predicted molar refractivity (Wildman–Crippen MR) is 124 cm³/mol. The number of methoxy groups -OCH3 is 3. The molecule has 0 saturated carbocycles. The highest BCUT2D eigenvalue weighted by atomic mass is 35.5. The highest BCUT2D eigenvalue weighted by molar-refractivity contribution is 6.31. The van der Waals surface area contributed by atoms with Crippen molar-refractivity contribution in [1.82, 2.24) is 4.90 Å². The molecule has 1 heterocycles. The average Bonchev–Trinajstić information content (AvgIpc) is 2.80. The predicted octanol–water partition coefficient (Wildman–Crippen LogP) is 3.66. The normalized spacial score (nSPS) is 14.5. The van der Waals surface area contributed by atoms with E-state index in [2.05, 4.69) is 10.6 Å². The molecule has 1 aliphatic rings. The molecule has 0 radical (unpaired) electrons. The van der Waals surface area contributed by atoms with E-state index in [1.165, 1.54) is 0 Å². The van der Waals surface area contributed by atoms with Gasteiger partial charge in [0.2, 0.25) is 11.8 Å². The summed E-state index contributed by atoms with van der Waals surface area (Å²) in [5, 5.41) is 6.31. The van der Waals surface area contributed by atoms with Gasteiger partial charge in [-0.25, -0.2) is 0 Å². The molecule has 2 aromatic rings. The van der Waals surface area contributed by atoms with E-state index in [-0.39, 0.29) is 24.3 Å². The Balaban J connectivity index is 1.50. The van der Waals surface area contributed by atoms with E-state index in [1.807, 2.05) is 4.90 Å². The Morgan fingerprint density at radius 2 is 1.66 bits per heavy atom. The van der Waals surface area contributed by atoms with Gasteiger partial charge < -0.3 is 24.8 Å². The molecule has 1 saturated heterocycles. The lowest BCUT2D eigenvalue weighted by molar-refractivity contribution is -0.121. The number of piperidine rings is 1. The third-order valence-corrected chi connectivity index (χ3v) is 5.66. The van der Waals surface area contributed by atoms with E-state index >= 15 is 0 Å². The van der Waals surface area contributed by atoms with Crippen LogP contribution in [-0.4, -0.2) is 57.7 Å². The Kier molecular flexibility index (Phi) is 8.19. The first-order chi connectivity index (χ1) is 15.4. The molecule has 8 nitrogen and oxygen atoms in total. The minimum absolute atomic E-state index is 0.0716. The standard InChI is InChI=1S/C23H28ClN3O5/c1-30-17-5-6-18(21(13-17)32-3)25-22(28)14-27-10-8-15(9-11-27)23(29)26-19-12-16(24)4-7-20(19)31-2/h4-7,12-13,15H,8-11,14H2,1-3H3,(H,25,28)(H,26,29). The number of likely N-dealkylation sites (tertiary alicyclic amines) is 1. The molecule has 1 fully saturated rings. The fourth-order valence-electron chi connectivity index (χ4n) is 3.66. The summed E-state index contributed by atoms with van der Waals surface area (Å²) in [7, 11) is 4.66.